The van der Waals surface area contributed by atoms with Gasteiger partial charge in [0.05, 0.1) is 5.92 Å². The first-order valence-corrected chi connectivity index (χ1v) is 6.40. The number of rotatable bonds is 3. The molecule has 1 aromatic carbocycles. The third-order valence-corrected chi connectivity index (χ3v) is 3.79. The van der Waals surface area contributed by atoms with E-state index in [-0.39, 0.29) is 12.0 Å². The Labute approximate surface area is 110 Å². The lowest BCUT2D eigenvalue weighted by Gasteiger charge is -2.35. The van der Waals surface area contributed by atoms with Crippen LogP contribution in [-0.4, -0.2) is 29.1 Å². The van der Waals surface area contributed by atoms with Crippen LogP contribution in [0.1, 0.15) is 31.4 Å². The fraction of sp³-hybridized carbons (Fsp3) is 0.500. The second-order valence-electron chi connectivity index (χ2n) is 5.03. The highest BCUT2D eigenvalue weighted by molar-refractivity contribution is 5.70. The average Bonchev–Trinajstić information content (AvgIpc) is 2.37. The van der Waals surface area contributed by atoms with Crippen molar-refractivity contribution in [3.05, 3.63) is 35.4 Å². The second-order valence-corrected chi connectivity index (χ2v) is 5.03. The summed E-state index contributed by atoms with van der Waals surface area (Å²) in [6, 6.07) is 3.40. The molecule has 0 bridgehead atoms. The molecule has 3 nitrogen and oxygen atoms in total. The van der Waals surface area contributed by atoms with Gasteiger partial charge >= 0.3 is 5.97 Å². The molecule has 0 aliphatic carbocycles. The predicted molar refractivity (Wildman–Crippen MR) is 66.7 cm³/mol. The Hall–Kier alpha value is -1.49. The SMILES string of the molecule is CC(c1cc(F)cc(F)c1)N1CCC(C(=O)O)CC1. The molecule has 2 rings (SSSR count). The van der Waals surface area contributed by atoms with Crippen molar-refractivity contribution in [3.8, 4) is 0 Å². The maximum absolute atomic E-state index is 13.2. The van der Waals surface area contributed by atoms with Gasteiger partial charge in [-0.1, -0.05) is 0 Å². The average molecular weight is 269 g/mol. The summed E-state index contributed by atoms with van der Waals surface area (Å²) in [5, 5.41) is 8.94. The molecule has 0 spiro atoms. The highest BCUT2D eigenvalue weighted by Crippen LogP contribution is 2.27. The fourth-order valence-electron chi connectivity index (χ4n) is 2.56. The molecule has 1 fully saturated rings. The summed E-state index contributed by atoms with van der Waals surface area (Å²) in [6.45, 7) is 3.15. The number of carboxylic acids is 1. The maximum atomic E-state index is 13.2. The molecule has 1 saturated heterocycles. The molecule has 19 heavy (non-hydrogen) atoms. The van der Waals surface area contributed by atoms with Crippen LogP contribution in [0.2, 0.25) is 0 Å². The zero-order valence-corrected chi connectivity index (χ0v) is 10.8. The van der Waals surface area contributed by atoms with Gasteiger partial charge in [-0.05, 0) is 50.6 Å². The number of hydrogen-bond donors (Lipinski definition) is 1. The van der Waals surface area contributed by atoms with E-state index in [1.165, 1.54) is 12.1 Å². The Balaban J connectivity index is 2.04. The van der Waals surface area contributed by atoms with Crippen LogP contribution in [0.4, 0.5) is 8.78 Å². The van der Waals surface area contributed by atoms with Crippen LogP contribution < -0.4 is 0 Å². The van der Waals surface area contributed by atoms with E-state index in [1.54, 1.807) is 0 Å². The summed E-state index contributed by atoms with van der Waals surface area (Å²) < 4.78 is 26.4. The van der Waals surface area contributed by atoms with Crippen molar-refractivity contribution in [2.75, 3.05) is 13.1 Å². The molecule has 1 atom stereocenters. The third-order valence-electron chi connectivity index (χ3n) is 3.79. The van der Waals surface area contributed by atoms with Crippen LogP contribution >= 0.6 is 0 Å². The molecule has 1 aliphatic heterocycles. The molecule has 0 saturated carbocycles. The number of nitrogens with zero attached hydrogens (tertiary/aromatic N) is 1. The van der Waals surface area contributed by atoms with Crippen LogP contribution in [-0.2, 0) is 4.79 Å². The molecule has 0 radical (unpaired) electrons. The van der Waals surface area contributed by atoms with Gasteiger partial charge in [0.25, 0.3) is 0 Å². The fourth-order valence-corrected chi connectivity index (χ4v) is 2.56. The monoisotopic (exact) mass is 269 g/mol. The van der Waals surface area contributed by atoms with Crippen LogP contribution in [0.15, 0.2) is 18.2 Å². The Bertz CT molecular complexity index is 450. The molecule has 0 aromatic heterocycles. The van der Waals surface area contributed by atoms with Crippen molar-refractivity contribution in [1.82, 2.24) is 4.90 Å². The molecule has 1 unspecified atom stereocenters. The summed E-state index contributed by atoms with van der Waals surface area (Å²) in [5.74, 6) is -2.22. The smallest absolute Gasteiger partial charge is 0.306 e. The van der Waals surface area contributed by atoms with Crippen LogP contribution in [0.25, 0.3) is 0 Å². The van der Waals surface area contributed by atoms with Gasteiger partial charge in [0, 0.05) is 12.1 Å². The Kier molecular flexibility index (Phi) is 4.14. The van der Waals surface area contributed by atoms with E-state index >= 15 is 0 Å². The topological polar surface area (TPSA) is 40.5 Å². The summed E-state index contributed by atoms with van der Waals surface area (Å²) in [7, 11) is 0. The molecule has 1 aromatic rings. The van der Waals surface area contributed by atoms with E-state index in [2.05, 4.69) is 4.90 Å². The summed E-state index contributed by atoms with van der Waals surface area (Å²) in [5.41, 5.74) is 0.589. The maximum Gasteiger partial charge on any atom is 0.306 e. The van der Waals surface area contributed by atoms with E-state index in [0.717, 1.165) is 6.07 Å². The number of benzene rings is 1. The standard InChI is InChI=1S/C14H17F2NO2/c1-9(11-6-12(15)8-13(16)7-11)17-4-2-10(3-5-17)14(18)19/h6-10H,2-5H2,1H3,(H,18,19). The van der Waals surface area contributed by atoms with E-state index in [4.69, 9.17) is 5.11 Å². The van der Waals surface area contributed by atoms with Gasteiger partial charge in [-0.2, -0.15) is 0 Å². The predicted octanol–water partition coefficient (Wildman–Crippen LogP) is 2.82. The molecule has 1 N–H and O–H groups in total. The first kappa shape index (κ1) is 13.9. The second kappa shape index (κ2) is 5.65. The van der Waals surface area contributed by atoms with Gasteiger partial charge in [0.1, 0.15) is 11.6 Å². The number of carbonyl (C=O) groups is 1. The Morgan fingerprint density at radius 1 is 1.26 bits per heavy atom. The lowest BCUT2D eigenvalue weighted by Crippen LogP contribution is -2.37. The Morgan fingerprint density at radius 2 is 1.79 bits per heavy atom. The Morgan fingerprint density at radius 3 is 2.26 bits per heavy atom. The van der Waals surface area contributed by atoms with Gasteiger partial charge in [0.15, 0.2) is 0 Å². The normalized spacial score (nSPS) is 19.3. The highest BCUT2D eigenvalue weighted by atomic mass is 19.1. The van der Waals surface area contributed by atoms with Crippen molar-refractivity contribution in [2.45, 2.75) is 25.8 Å². The lowest BCUT2D eigenvalue weighted by atomic mass is 9.95. The van der Waals surface area contributed by atoms with Crippen LogP contribution in [0.5, 0.6) is 0 Å². The minimum absolute atomic E-state index is 0.111. The zero-order valence-electron chi connectivity index (χ0n) is 10.8. The lowest BCUT2D eigenvalue weighted by molar-refractivity contribution is -0.143. The first-order chi connectivity index (χ1) is 8.97. The van der Waals surface area contributed by atoms with Gasteiger partial charge in [-0.25, -0.2) is 8.78 Å². The molecular formula is C14H17F2NO2. The summed E-state index contributed by atoms with van der Waals surface area (Å²) >= 11 is 0. The molecule has 1 aliphatic rings. The van der Waals surface area contributed by atoms with Gasteiger partial charge in [0.2, 0.25) is 0 Å². The number of aliphatic carboxylic acids is 1. The largest absolute Gasteiger partial charge is 0.481 e. The molecule has 1 heterocycles. The molecular weight excluding hydrogens is 252 g/mol. The zero-order chi connectivity index (χ0) is 14.0. The van der Waals surface area contributed by atoms with E-state index < -0.39 is 17.6 Å². The summed E-state index contributed by atoms with van der Waals surface area (Å²) in [6.07, 6.45) is 1.16. The van der Waals surface area contributed by atoms with Crippen molar-refractivity contribution in [1.29, 1.82) is 0 Å². The number of piperidine rings is 1. The van der Waals surface area contributed by atoms with Crippen molar-refractivity contribution in [3.63, 3.8) is 0 Å². The van der Waals surface area contributed by atoms with E-state index in [0.29, 0.717) is 31.5 Å². The van der Waals surface area contributed by atoms with Crippen LogP contribution in [0.3, 0.4) is 0 Å². The van der Waals surface area contributed by atoms with E-state index in [9.17, 15) is 13.6 Å². The van der Waals surface area contributed by atoms with Gasteiger partial charge < -0.3 is 5.11 Å². The van der Waals surface area contributed by atoms with Crippen LogP contribution in [0, 0.1) is 17.6 Å². The summed E-state index contributed by atoms with van der Waals surface area (Å²) in [4.78, 5) is 12.9. The number of hydrogen-bond acceptors (Lipinski definition) is 2. The van der Waals surface area contributed by atoms with E-state index in [1.807, 2.05) is 6.92 Å². The molecule has 104 valence electrons. The minimum atomic E-state index is -0.760. The van der Waals surface area contributed by atoms with Crippen molar-refractivity contribution in [2.24, 2.45) is 5.92 Å². The first-order valence-electron chi connectivity index (χ1n) is 6.40. The molecule has 5 heteroatoms. The highest BCUT2D eigenvalue weighted by Gasteiger charge is 2.27. The van der Waals surface area contributed by atoms with Crippen molar-refractivity contribution < 1.29 is 18.7 Å². The van der Waals surface area contributed by atoms with Gasteiger partial charge in [-0.3, -0.25) is 9.69 Å². The quantitative estimate of drug-likeness (QED) is 0.917. The number of carboxylic acid groups (broad SMARTS) is 1. The van der Waals surface area contributed by atoms with Gasteiger partial charge in [-0.15, -0.1) is 0 Å². The minimum Gasteiger partial charge on any atom is -0.481 e. The van der Waals surface area contributed by atoms with Crippen molar-refractivity contribution >= 4 is 5.97 Å². The number of halogens is 2. The third kappa shape index (κ3) is 3.29. The number of likely N-dealkylation sites (tertiary alicyclic amines) is 1. The molecule has 0 amide bonds.